The summed E-state index contributed by atoms with van der Waals surface area (Å²) in [5.74, 6) is 1.38. The molecule has 1 aromatic carbocycles. The quantitative estimate of drug-likeness (QED) is 0.863. The fourth-order valence-corrected chi connectivity index (χ4v) is 2.57. The second-order valence-corrected chi connectivity index (χ2v) is 5.19. The van der Waals surface area contributed by atoms with E-state index in [1.54, 1.807) is 13.1 Å². The fraction of sp³-hybridized carbons (Fsp3) is 0.500. The molecule has 5 heteroatoms. The molecule has 0 fully saturated rings. The Bertz CT molecular complexity index is 500. The molecule has 1 aromatic rings. The first-order valence-corrected chi connectivity index (χ1v) is 6.73. The van der Waals surface area contributed by atoms with Gasteiger partial charge in [0.1, 0.15) is 13.2 Å². The van der Waals surface area contributed by atoms with Gasteiger partial charge in [-0.3, -0.25) is 4.79 Å². The number of likely N-dealkylation sites (N-methyl/N-ethyl adjacent to an activating group) is 1. The van der Waals surface area contributed by atoms with E-state index in [-0.39, 0.29) is 18.2 Å². The van der Waals surface area contributed by atoms with Gasteiger partial charge in [-0.05, 0) is 13.0 Å². The van der Waals surface area contributed by atoms with Gasteiger partial charge < -0.3 is 14.8 Å². The molecule has 19 heavy (non-hydrogen) atoms. The summed E-state index contributed by atoms with van der Waals surface area (Å²) in [5, 5.41) is 3.28. The van der Waals surface area contributed by atoms with Crippen molar-refractivity contribution in [2.45, 2.75) is 19.8 Å². The molecule has 0 amide bonds. The molecule has 104 valence electrons. The number of Topliss-reactive ketones (excluding diaryl/α,β-unsaturated/α-hetero) is 1. The summed E-state index contributed by atoms with van der Waals surface area (Å²) in [6.45, 7) is 5.28. The number of ether oxygens (including phenoxy) is 2. The molecule has 0 unspecified atom stereocenters. The molecule has 4 nitrogen and oxygen atoms in total. The van der Waals surface area contributed by atoms with Gasteiger partial charge in [0.05, 0.1) is 11.6 Å². The van der Waals surface area contributed by atoms with Crippen LogP contribution >= 0.6 is 11.6 Å². The van der Waals surface area contributed by atoms with Gasteiger partial charge in [0.15, 0.2) is 17.3 Å². The minimum atomic E-state index is -0.0341. The van der Waals surface area contributed by atoms with Crippen LogP contribution in [-0.4, -0.2) is 32.6 Å². The maximum atomic E-state index is 12.2. The molecular weight excluding hydrogens is 266 g/mol. The van der Waals surface area contributed by atoms with Crippen LogP contribution in [0.1, 0.15) is 35.7 Å². The molecule has 0 saturated heterocycles. The highest BCUT2D eigenvalue weighted by atomic mass is 35.5. The Morgan fingerprint density at radius 2 is 2.11 bits per heavy atom. The van der Waals surface area contributed by atoms with E-state index in [0.717, 1.165) is 5.56 Å². The predicted molar refractivity (Wildman–Crippen MR) is 74.8 cm³/mol. The molecule has 0 spiro atoms. The third kappa shape index (κ3) is 2.69. The Labute approximate surface area is 118 Å². The summed E-state index contributed by atoms with van der Waals surface area (Å²) in [7, 11) is 1.73. The van der Waals surface area contributed by atoms with Crippen molar-refractivity contribution in [3.63, 3.8) is 0 Å². The van der Waals surface area contributed by atoms with E-state index in [9.17, 15) is 4.79 Å². The van der Waals surface area contributed by atoms with Crippen molar-refractivity contribution >= 4 is 17.4 Å². The van der Waals surface area contributed by atoms with Crippen molar-refractivity contribution in [3.8, 4) is 11.5 Å². The van der Waals surface area contributed by atoms with Crippen molar-refractivity contribution < 1.29 is 14.3 Å². The van der Waals surface area contributed by atoms with E-state index in [4.69, 9.17) is 21.1 Å². The number of hydrogen-bond acceptors (Lipinski definition) is 4. The van der Waals surface area contributed by atoms with Gasteiger partial charge in [-0.1, -0.05) is 25.4 Å². The second kappa shape index (κ2) is 5.80. The van der Waals surface area contributed by atoms with E-state index < -0.39 is 0 Å². The van der Waals surface area contributed by atoms with Crippen molar-refractivity contribution in [2.75, 3.05) is 26.8 Å². The highest BCUT2D eigenvalue weighted by molar-refractivity contribution is 6.34. The second-order valence-electron chi connectivity index (χ2n) is 4.78. The Morgan fingerprint density at radius 3 is 2.74 bits per heavy atom. The van der Waals surface area contributed by atoms with Crippen LogP contribution in [0.3, 0.4) is 0 Å². The Morgan fingerprint density at radius 1 is 1.42 bits per heavy atom. The number of ketones is 1. The van der Waals surface area contributed by atoms with E-state index in [1.165, 1.54) is 0 Å². The molecule has 0 aromatic heterocycles. The van der Waals surface area contributed by atoms with Gasteiger partial charge in [-0.15, -0.1) is 0 Å². The van der Waals surface area contributed by atoms with E-state index in [2.05, 4.69) is 5.32 Å². The minimum Gasteiger partial charge on any atom is -0.486 e. The zero-order valence-corrected chi connectivity index (χ0v) is 12.1. The molecular formula is C14H18ClNO3. The van der Waals surface area contributed by atoms with Gasteiger partial charge in [0, 0.05) is 17.2 Å². The van der Waals surface area contributed by atoms with Crippen LogP contribution in [0.4, 0.5) is 0 Å². The van der Waals surface area contributed by atoms with Crippen LogP contribution in [0.5, 0.6) is 11.5 Å². The smallest absolute Gasteiger partial charge is 0.178 e. The lowest BCUT2D eigenvalue weighted by Gasteiger charge is -2.25. The van der Waals surface area contributed by atoms with Crippen LogP contribution in [0.25, 0.3) is 0 Å². The highest BCUT2D eigenvalue weighted by Gasteiger charge is 2.27. The first-order chi connectivity index (χ1) is 9.06. The van der Waals surface area contributed by atoms with E-state index in [0.29, 0.717) is 35.3 Å². The molecule has 0 radical (unpaired) electrons. The SMILES string of the molecule is CNCC(=O)c1c(Cl)cc2c(c1C(C)C)OCCO2. The molecule has 0 atom stereocenters. The Hall–Kier alpha value is -1.26. The van der Waals surface area contributed by atoms with E-state index >= 15 is 0 Å². The van der Waals surface area contributed by atoms with E-state index in [1.807, 2.05) is 13.8 Å². The van der Waals surface area contributed by atoms with Crippen molar-refractivity contribution in [3.05, 3.63) is 22.2 Å². The minimum absolute atomic E-state index is 0.0341. The largest absolute Gasteiger partial charge is 0.486 e. The summed E-state index contributed by atoms with van der Waals surface area (Å²) in [6, 6.07) is 1.67. The van der Waals surface area contributed by atoms with Crippen LogP contribution in [0, 0.1) is 0 Å². The number of halogens is 1. The van der Waals surface area contributed by atoms with Crippen LogP contribution in [0.15, 0.2) is 6.07 Å². The van der Waals surface area contributed by atoms with Gasteiger partial charge in [0.2, 0.25) is 0 Å². The maximum Gasteiger partial charge on any atom is 0.178 e. The lowest BCUT2D eigenvalue weighted by atomic mass is 9.92. The fourth-order valence-electron chi connectivity index (χ4n) is 2.26. The van der Waals surface area contributed by atoms with Crippen LogP contribution in [-0.2, 0) is 0 Å². The zero-order chi connectivity index (χ0) is 14.0. The zero-order valence-electron chi connectivity index (χ0n) is 11.4. The summed E-state index contributed by atoms with van der Waals surface area (Å²) < 4.78 is 11.2. The normalized spacial score (nSPS) is 13.7. The third-order valence-electron chi connectivity index (χ3n) is 3.02. The average molecular weight is 284 g/mol. The van der Waals surface area contributed by atoms with Gasteiger partial charge in [-0.25, -0.2) is 0 Å². The monoisotopic (exact) mass is 283 g/mol. The molecule has 1 aliphatic heterocycles. The molecule has 0 saturated carbocycles. The van der Waals surface area contributed by atoms with Crippen molar-refractivity contribution in [2.24, 2.45) is 0 Å². The topological polar surface area (TPSA) is 47.6 Å². The number of carbonyl (C=O) groups is 1. The highest BCUT2D eigenvalue weighted by Crippen LogP contribution is 2.43. The Kier molecular flexibility index (Phi) is 4.32. The average Bonchev–Trinajstić information content (AvgIpc) is 2.37. The summed E-state index contributed by atoms with van der Waals surface area (Å²) in [6.07, 6.45) is 0. The number of nitrogens with one attached hydrogen (secondary N) is 1. The first-order valence-electron chi connectivity index (χ1n) is 6.36. The molecule has 2 rings (SSSR count). The number of hydrogen-bond donors (Lipinski definition) is 1. The summed E-state index contributed by atoms with van der Waals surface area (Å²) in [4.78, 5) is 12.2. The van der Waals surface area contributed by atoms with Crippen molar-refractivity contribution in [1.82, 2.24) is 5.32 Å². The number of fused-ring (bicyclic) bond motifs is 1. The summed E-state index contributed by atoms with van der Waals surface area (Å²) >= 11 is 6.26. The van der Waals surface area contributed by atoms with Gasteiger partial charge in [0.25, 0.3) is 0 Å². The molecule has 1 N–H and O–H groups in total. The maximum absolute atomic E-state index is 12.2. The lowest BCUT2D eigenvalue weighted by molar-refractivity contribution is 0.0991. The lowest BCUT2D eigenvalue weighted by Crippen LogP contribution is -2.23. The van der Waals surface area contributed by atoms with Gasteiger partial charge in [-0.2, -0.15) is 0 Å². The molecule has 0 aliphatic carbocycles. The molecule has 1 aliphatic rings. The number of carbonyl (C=O) groups excluding carboxylic acids is 1. The third-order valence-corrected chi connectivity index (χ3v) is 3.31. The van der Waals surface area contributed by atoms with Crippen molar-refractivity contribution in [1.29, 1.82) is 0 Å². The number of benzene rings is 1. The van der Waals surface area contributed by atoms with Crippen LogP contribution in [0.2, 0.25) is 5.02 Å². The molecule has 0 bridgehead atoms. The summed E-state index contributed by atoms with van der Waals surface area (Å²) in [5.41, 5.74) is 1.37. The predicted octanol–water partition coefficient (Wildman–Crippen LogP) is 2.64. The van der Waals surface area contributed by atoms with Gasteiger partial charge >= 0.3 is 0 Å². The molecule has 1 heterocycles. The number of rotatable bonds is 4. The van der Waals surface area contributed by atoms with Crippen LogP contribution < -0.4 is 14.8 Å². The Balaban J connectivity index is 2.61. The standard InChI is InChI=1S/C14H18ClNO3/c1-8(2)12-13(10(17)7-16-3)9(15)6-11-14(12)19-5-4-18-11/h6,8,16H,4-5,7H2,1-3H3. The first kappa shape index (κ1) is 14.2.